The average Bonchev–Trinajstić information content (AvgIpc) is 3.18. The van der Waals surface area contributed by atoms with Crippen LogP contribution in [0.15, 0.2) is 47.7 Å². The quantitative estimate of drug-likeness (QED) is 0.469. The molecule has 0 amide bonds. The summed E-state index contributed by atoms with van der Waals surface area (Å²) in [5, 5.41) is 17.0. The Kier molecular flexibility index (Phi) is 7.82. The average molecular weight is 360 g/mol. The molecular formula is C19H28N4O3. The molecule has 7 heteroatoms. The number of aliphatic imine (C=N–C) groups is 1. The van der Waals surface area contributed by atoms with Crippen molar-refractivity contribution < 1.29 is 14.6 Å². The van der Waals surface area contributed by atoms with Gasteiger partial charge in [-0.3, -0.25) is 4.99 Å². The third-order valence-corrected chi connectivity index (χ3v) is 3.89. The summed E-state index contributed by atoms with van der Waals surface area (Å²) in [4.78, 5) is 4.48. The van der Waals surface area contributed by atoms with Gasteiger partial charge < -0.3 is 29.8 Å². The summed E-state index contributed by atoms with van der Waals surface area (Å²) >= 11 is 0. The van der Waals surface area contributed by atoms with Gasteiger partial charge in [0.05, 0.1) is 20.8 Å². The number of hydrogen-bond acceptors (Lipinski definition) is 4. The number of methoxy groups -OCH3 is 2. The fourth-order valence-corrected chi connectivity index (χ4v) is 2.54. The van der Waals surface area contributed by atoms with Crippen molar-refractivity contribution in [3.05, 3.63) is 48.3 Å². The Morgan fingerprint density at radius 3 is 2.62 bits per heavy atom. The number of ether oxygens (including phenoxy) is 2. The van der Waals surface area contributed by atoms with Crippen molar-refractivity contribution in [1.82, 2.24) is 15.2 Å². The van der Waals surface area contributed by atoms with Crippen LogP contribution in [0.3, 0.4) is 0 Å². The predicted octanol–water partition coefficient (Wildman–Crippen LogP) is 1.79. The molecule has 1 aromatic heterocycles. The second kappa shape index (κ2) is 10.4. The van der Waals surface area contributed by atoms with Crippen LogP contribution < -0.4 is 20.1 Å². The number of aliphatic hydroxyl groups excluding tert-OH is 1. The van der Waals surface area contributed by atoms with Crippen molar-refractivity contribution >= 4 is 5.96 Å². The maximum atomic E-state index is 10.5. The number of hydrogen-bond donors (Lipinski definition) is 3. The molecule has 0 aliphatic heterocycles. The summed E-state index contributed by atoms with van der Waals surface area (Å²) in [6.45, 7) is 4.53. The van der Waals surface area contributed by atoms with Gasteiger partial charge in [0, 0.05) is 37.6 Å². The van der Waals surface area contributed by atoms with E-state index in [0.717, 1.165) is 19.6 Å². The van der Waals surface area contributed by atoms with Crippen LogP contribution in [0, 0.1) is 0 Å². The van der Waals surface area contributed by atoms with Gasteiger partial charge in [0.25, 0.3) is 0 Å². The van der Waals surface area contributed by atoms with Crippen molar-refractivity contribution in [1.29, 1.82) is 0 Å². The molecule has 3 N–H and O–H groups in total. The summed E-state index contributed by atoms with van der Waals surface area (Å²) in [7, 11) is 3.17. The first-order chi connectivity index (χ1) is 12.7. The second-order valence-electron chi connectivity index (χ2n) is 5.69. The monoisotopic (exact) mass is 360 g/mol. The van der Waals surface area contributed by atoms with E-state index in [0.29, 0.717) is 23.0 Å². The van der Waals surface area contributed by atoms with Crippen LogP contribution in [0.5, 0.6) is 11.5 Å². The minimum Gasteiger partial charge on any atom is -0.497 e. The molecule has 0 bridgehead atoms. The molecule has 1 aromatic carbocycles. The van der Waals surface area contributed by atoms with Crippen LogP contribution in [-0.2, 0) is 6.54 Å². The first-order valence-electron chi connectivity index (χ1n) is 8.70. The van der Waals surface area contributed by atoms with Gasteiger partial charge in [0.1, 0.15) is 17.6 Å². The first-order valence-corrected chi connectivity index (χ1v) is 8.70. The topological polar surface area (TPSA) is 80.0 Å². The molecule has 142 valence electrons. The van der Waals surface area contributed by atoms with Crippen LogP contribution in [0.25, 0.3) is 0 Å². The van der Waals surface area contributed by atoms with E-state index in [1.807, 2.05) is 31.5 Å². The van der Waals surface area contributed by atoms with Crippen molar-refractivity contribution in [2.45, 2.75) is 19.6 Å². The Hall–Kier alpha value is -2.67. The number of nitrogens with one attached hydrogen (secondary N) is 2. The lowest BCUT2D eigenvalue weighted by atomic mass is 10.1. The van der Waals surface area contributed by atoms with E-state index in [9.17, 15) is 5.11 Å². The highest BCUT2D eigenvalue weighted by Crippen LogP contribution is 2.29. The van der Waals surface area contributed by atoms with Crippen molar-refractivity contribution in [2.75, 3.05) is 33.9 Å². The van der Waals surface area contributed by atoms with E-state index < -0.39 is 6.10 Å². The van der Waals surface area contributed by atoms with Gasteiger partial charge in [0.2, 0.25) is 0 Å². The highest BCUT2D eigenvalue weighted by Gasteiger charge is 2.14. The van der Waals surface area contributed by atoms with E-state index >= 15 is 0 Å². The first kappa shape index (κ1) is 19.7. The third-order valence-electron chi connectivity index (χ3n) is 3.89. The molecule has 0 radical (unpaired) electrons. The summed E-state index contributed by atoms with van der Waals surface area (Å²) in [5.41, 5.74) is 0.652. The molecule has 7 nitrogen and oxygen atoms in total. The lowest BCUT2D eigenvalue weighted by Gasteiger charge is -2.16. The molecule has 1 heterocycles. The molecule has 0 aliphatic carbocycles. The zero-order valence-electron chi connectivity index (χ0n) is 15.6. The molecule has 1 unspecified atom stereocenters. The number of benzene rings is 1. The standard InChI is InChI=1S/C19H28N4O3/c1-4-20-19(21-9-12-23-10-5-6-11-23)22-14-17(24)16-13-15(25-2)7-8-18(16)26-3/h5-8,10-11,13,17,24H,4,9,12,14H2,1-3H3,(H2,20,21,22). The molecule has 0 fully saturated rings. The second-order valence-corrected chi connectivity index (χ2v) is 5.69. The minimum atomic E-state index is -0.792. The lowest BCUT2D eigenvalue weighted by Crippen LogP contribution is -2.39. The van der Waals surface area contributed by atoms with Gasteiger partial charge >= 0.3 is 0 Å². The van der Waals surface area contributed by atoms with E-state index in [4.69, 9.17) is 9.47 Å². The molecule has 26 heavy (non-hydrogen) atoms. The van der Waals surface area contributed by atoms with Crippen LogP contribution in [-0.4, -0.2) is 49.5 Å². The number of rotatable bonds is 9. The number of aromatic nitrogens is 1. The van der Waals surface area contributed by atoms with Gasteiger partial charge in [-0.1, -0.05) is 0 Å². The van der Waals surface area contributed by atoms with Gasteiger partial charge in [0.15, 0.2) is 5.96 Å². The number of nitrogens with zero attached hydrogens (tertiary/aromatic N) is 2. The Morgan fingerprint density at radius 1 is 1.19 bits per heavy atom. The minimum absolute atomic E-state index is 0.211. The summed E-state index contributed by atoms with van der Waals surface area (Å²) in [6.07, 6.45) is 3.25. The molecule has 0 saturated heterocycles. The Labute approximate surface area is 154 Å². The van der Waals surface area contributed by atoms with Crippen LogP contribution in [0.4, 0.5) is 0 Å². The Morgan fingerprint density at radius 2 is 1.96 bits per heavy atom. The molecule has 2 aromatic rings. The zero-order chi connectivity index (χ0) is 18.8. The predicted molar refractivity (Wildman–Crippen MR) is 103 cm³/mol. The highest BCUT2D eigenvalue weighted by atomic mass is 16.5. The molecule has 0 saturated carbocycles. The number of aliphatic hydroxyl groups is 1. The largest absolute Gasteiger partial charge is 0.497 e. The maximum Gasteiger partial charge on any atom is 0.191 e. The van der Waals surface area contributed by atoms with E-state index in [2.05, 4.69) is 20.2 Å². The van der Waals surface area contributed by atoms with Crippen molar-refractivity contribution in [2.24, 2.45) is 4.99 Å². The summed E-state index contributed by atoms with van der Waals surface area (Å²) in [5.74, 6) is 1.94. The maximum absolute atomic E-state index is 10.5. The van der Waals surface area contributed by atoms with Crippen LogP contribution >= 0.6 is 0 Å². The smallest absolute Gasteiger partial charge is 0.191 e. The van der Waals surface area contributed by atoms with E-state index in [1.165, 1.54) is 0 Å². The van der Waals surface area contributed by atoms with Crippen LogP contribution in [0.2, 0.25) is 0 Å². The lowest BCUT2D eigenvalue weighted by molar-refractivity contribution is 0.182. The summed E-state index contributed by atoms with van der Waals surface area (Å²) < 4.78 is 12.6. The third kappa shape index (κ3) is 5.70. The van der Waals surface area contributed by atoms with E-state index in [1.54, 1.807) is 32.4 Å². The summed E-state index contributed by atoms with van der Waals surface area (Å²) in [6, 6.07) is 9.34. The highest BCUT2D eigenvalue weighted by molar-refractivity contribution is 5.79. The Bertz CT molecular complexity index is 686. The molecule has 0 spiro atoms. The molecule has 1 atom stereocenters. The van der Waals surface area contributed by atoms with Gasteiger partial charge in [-0.05, 0) is 37.3 Å². The normalized spacial score (nSPS) is 12.5. The van der Waals surface area contributed by atoms with Gasteiger partial charge in [-0.25, -0.2) is 0 Å². The molecular weight excluding hydrogens is 332 g/mol. The SMILES string of the molecule is CCNC(=NCC(O)c1cc(OC)ccc1OC)NCCn1cccc1. The van der Waals surface area contributed by atoms with Gasteiger partial charge in [-0.2, -0.15) is 0 Å². The van der Waals surface area contributed by atoms with Crippen LogP contribution in [0.1, 0.15) is 18.6 Å². The van der Waals surface area contributed by atoms with Crippen molar-refractivity contribution in [3.8, 4) is 11.5 Å². The fraction of sp³-hybridized carbons (Fsp3) is 0.421. The van der Waals surface area contributed by atoms with Crippen molar-refractivity contribution in [3.63, 3.8) is 0 Å². The van der Waals surface area contributed by atoms with E-state index in [-0.39, 0.29) is 6.54 Å². The number of guanidine groups is 1. The molecule has 0 aliphatic rings. The Balaban J connectivity index is 1.98. The molecule has 2 rings (SSSR count). The zero-order valence-corrected chi connectivity index (χ0v) is 15.6. The van der Waals surface area contributed by atoms with Gasteiger partial charge in [-0.15, -0.1) is 0 Å². The fourth-order valence-electron chi connectivity index (χ4n) is 2.54.